The third-order valence-electron chi connectivity index (χ3n) is 9.79. The summed E-state index contributed by atoms with van der Waals surface area (Å²) in [4.78, 5) is 25.1. The molecule has 2 atom stereocenters. The summed E-state index contributed by atoms with van der Waals surface area (Å²) in [5.41, 5.74) is 0. The highest BCUT2D eigenvalue weighted by Crippen LogP contribution is 2.38. The van der Waals surface area contributed by atoms with Crippen molar-refractivity contribution in [1.82, 2.24) is 0 Å². The minimum atomic E-state index is -4.54. The Morgan fingerprint density at radius 1 is 0.534 bits per heavy atom. The van der Waals surface area contributed by atoms with Gasteiger partial charge in [-0.1, -0.05) is 158 Å². The molecule has 0 aliphatic carbocycles. The molecule has 0 aromatic rings. The lowest BCUT2D eigenvalue weighted by Crippen LogP contribution is -2.37. The van der Waals surface area contributed by atoms with Gasteiger partial charge in [0.15, 0.2) is 0 Å². The molecule has 0 bridgehead atoms. The van der Waals surface area contributed by atoms with Gasteiger partial charge in [-0.2, -0.15) is 0 Å². The van der Waals surface area contributed by atoms with E-state index in [1.165, 1.54) is 89.9 Å². The molecule has 0 spiro atoms. The molecular weight excluding hydrogens is 746 g/mol. The fourth-order valence-electron chi connectivity index (χ4n) is 6.11. The van der Waals surface area contributed by atoms with E-state index in [0.29, 0.717) is 24.1 Å². The number of likely N-dealkylation sites (N-methyl/N-ethyl adjacent to an activating group) is 1. The minimum absolute atomic E-state index is 0.0186. The summed E-state index contributed by atoms with van der Waals surface area (Å²) in [6.07, 6.45) is 52.3. The number of carbonyl (C=O) groups is 1. The van der Waals surface area contributed by atoms with E-state index in [1.807, 2.05) is 21.1 Å². The molecule has 2 unspecified atom stereocenters. The number of carbonyl (C=O) groups excluding carboxylic acids is 1. The standard InChI is InChI=1S/C49H90NO7P/c1-6-8-10-12-14-16-18-20-22-24-25-26-28-30-32-34-36-38-40-42-49(51)57-48(47-56-58(52,53)55-45-43-50(3,4)5)46-54-44-41-39-37-35-33-31-29-27-23-21-19-17-15-13-11-9-7-2/h14,16-17,19-20,22-23,25-27,48H,6-13,15,18,21,24,28-47H2,1-5H3/b16-14-,19-17-,22-20-,26-25-,27-23-. The van der Waals surface area contributed by atoms with Crippen LogP contribution in [0.2, 0.25) is 0 Å². The van der Waals surface area contributed by atoms with Crippen LogP contribution in [0.25, 0.3) is 0 Å². The van der Waals surface area contributed by atoms with Crippen LogP contribution in [0.3, 0.4) is 0 Å². The minimum Gasteiger partial charge on any atom is -0.756 e. The summed E-state index contributed by atoms with van der Waals surface area (Å²) >= 11 is 0. The summed E-state index contributed by atoms with van der Waals surface area (Å²) in [5, 5.41) is 0. The molecule has 0 aromatic carbocycles. The summed E-state index contributed by atoms with van der Waals surface area (Å²) < 4.78 is 34.6. The number of hydrogen-bond acceptors (Lipinski definition) is 7. The van der Waals surface area contributed by atoms with Crippen LogP contribution in [0.4, 0.5) is 0 Å². The second kappa shape index (κ2) is 41.9. The van der Waals surface area contributed by atoms with Gasteiger partial charge in [0, 0.05) is 13.0 Å². The number of phosphoric ester groups is 1. The van der Waals surface area contributed by atoms with E-state index < -0.39 is 13.9 Å². The van der Waals surface area contributed by atoms with E-state index >= 15 is 0 Å². The van der Waals surface area contributed by atoms with Crippen LogP contribution < -0.4 is 4.89 Å². The normalized spacial score (nSPS) is 14.2. The molecule has 338 valence electrons. The summed E-state index contributed by atoms with van der Waals surface area (Å²) in [6, 6.07) is 0. The van der Waals surface area contributed by atoms with Crippen molar-refractivity contribution in [2.45, 2.75) is 193 Å². The lowest BCUT2D eigenvalue weighted by Gasteiger charge is -2.28. The maximum Gasteiger partial charge on any atom is 0.306 e. The monoisotopic (exact) mass is 836 g/mol. The van der Waals surface area contributed by atoms with Gasteiger partial charge >= 0.3 is 5.97 Å². The summed E-state index contributed by atoms with van der Waals surface area (Å²) in [5.74, 6) is -0.352. The van der Waals surface area contributed by atoms with E-state index in [0.717, 1.165) is 77.0 Å². The first-order valence-corrected chi connectivity index (χ1v) is 25.0. The zero-order valence-electron chi connectivity index (χ0n) is 38.2. The Morgan fingerprint density at radius 2 is 0.948 bits per heavy atom. The van der Waals surface area contributed by atoms with E-state index in [2.05, 4.69) is 74.6 Å². The summed E-state index contributed by atoms with van der Waals surface area (Å²) in [6.45, 7) is 5.32. The van der Waals surface area contributed by atoms with Crippen LogP contribution in [0.5, 0.6) is 0 Å². The lowest BCUT2D eigenvalue weighted by molar-refractivity contribution is -0.870. The molecule has 0 aliphatic heterocycles. The van der Waals surface area contributed by atoms with Crippen molar-refractivity contribution < 1.29 is 37.3 Å². The average molecular weight is 836 g/mol. The van der Waals surface area contributed by atoms with Gasteiger partial charge in [0.1, 0.15) is 19.3 Å². The molecule has 0 heterocycles. The highest BCUT2D eigenvalue weighted by molar-refractivity contribution is 7.45. The van der Waals surface area contributed by atoms with E-state index in [4.69, 9.17) is 18.5 Å². The number of ether oxygens (including phenoxy) is 2. The van der Waals surface area contributed by atoms with Gasteiger partial charge in [-0.3, -0.25) is 9.36 Å². The maximum absolute atomic E-state index is 12.7. The van der Waals surface area contributed by atoms with Gasteiger partial charge in [0.2, 0.25) is 0 Å². The Kier molecular flexibility index (Phi) is 40.6. The van der Waals surface area contributed by atoms with Gasteiger partial charge in [-0.05, 0) is 83.5 Å². The van der Waals surface area contributed by atoms with E-state index in [9.17, 15) is 14.3 Å². The van der Waals surface area contributed by atoms with Crippen LogP contribution in [-0.4, -0.2) is 70.7 Å². The first-order valence-electron chi connectivity index (χ1n) is 23.5. The van der Waals surface area contributed by atoms with E-state index in [-0.39, 0.29) is 25.8 Å². The molecule has 8 nitrogen and oxygen atoms in total. The number of allylic oxidation sites excluding steroid dienone is 10. The molecule has 0 amide bonds. The van der Waals surface area contributed by atoms with Crippen LogP contribution in [-0.2, 0) is 27.9 Å². The molecule has 0 N–H and O–H groups in total. The Bertz CT molecular complexity index is 1110. The first-order chi connectivity index (χ1) is 28.1. The number of hydrogen-bond donors (Lipinski definition) is 0. The molecule has 0 rings (SSSR count). The number of nitrogens with zero attached hydrogens (tertiary/aromatic N) is 1. The van der Waals surface area contributed by atoms with Crippen molar-refractivity contribution >= 4 is 13.8 Å². The number of esters is 1. The lowest BCUT2D eigenvalue weighted by atomic mass is 10.1. The largest absolute Gasteiger partial charge is 0.756 e. The smallest absolute Gasteiger partial charge is 0.306 e. The molecular formula is C49H90NO7P. The van der Waals surface area contributed by atoms with Crippen molar-refractivity contribution in [3.05, 3.63) is 60.8 Å². The quantitative estimate of drug-likeness (QED) is 0.0198. The highest BCUT2D eigenvalue weighted by atomic mass is 31.2. The number of quaternary nitrogens is 1. The van der Waals surface area contributed by atoms with Crippen molar-refractivity contribution in [3.63, 3.8) is 0 Å². The molecule has 58 heavy (non-hydrogen) atoms. The highest BCUT2D eigenvalue weighted by Gasteiger charge is 2.20. The van der Waals surface area contributed by atoms with Gasteiger partial charge < -0.3 is 27.9 Å². The SMILES string of the molecule is CCCCC/C=C\C/C=C\C/C=C\CCCCCCCCC(=O)OC(COCCCCCCCC/C=C\C/C=C\CCCCCC)COP(=O)([O-])OCC[N+](C)(C)C. The van der Waals surface area contributed by atoms with Gasteiger partial charge in [-0.15, -0.1) is 0 Å². The average Bonchev–Trinajstić information content (AvgIpc) is 3.18. The van der Waals surface area contributed by atoms with Crippen LogP contribution in [0.15, 0.2) is 60.8 Å². The third-order valence-corrected chi connectivity index (χ3v) is 10.8. The van der Waals surface area contributed by atoms with Crippen molar-refractivity contribution in [1.29, 1.82) is 0 Å². The summed E-state index contributed by atoms with van der Waals surface area (Å²) in [7, 11) is 1.33. The molecule has 0 saturated heterocycles. The molecule has 0 saturated carbocycles. The third kappa shape index (κ3) is 45.3. The number of rotatable bonds is 43. The van der Waals surface area contributed by atoms with Crippen molar-refractivity contribution in [2.24, 2.45) is 0 Å². The fraction of sp³-hybridized carbons (Fsp3) is 0.776. The fourth-order valence-corrected chi connectivity index (χ4v) is 6.84. The Labute approximate surface area is 358 Å². The molecule has 0 fully saturated rings. The second-order valence-corrected chi connectivity index (χ2v) is 18.2. The first kappa shape index (κ1) is 56.2. The zero-order chi connectivity index (χ0) is 42.7. The van der Waals surface area contributed by atoms with Crippen LogP contribution in [0.1, 0.15) is 187 Å². The van der Waals surface area contributed by atoms with Crippen LogP contribution >= 0.6 is 7.82 Å². The molecule has 9 heteroatoms. The Balaban J connectivity index is 4.26. The van der Waals surface area contributed by atoms with Crippen LogP contribution in [0, 0.1) is 0 Å². The van der Waals surface area contributed by atoms with Gasteiger partial charge in [0.05, 0.1) is 34.4 Å². The predicted octanol–water partition coefficient (Wildman–Crippen LogP) is 13.5. The molecule has 0 radical (unpaired) electrons. The Hall–Kier alpha value is -1.80. The topological polar surface area (TPSA) is 94.1 Å². The number of phosphoric acid groups is 1. The van der Waals surface area contributed by atoms with Gasteiger partial charge in [-0.25, -0.2) is 0 Å². The maximum atomic E-state index is 12.7. The molecule has 0 aromatic heterocycles. The van der Waals surface area contributed by atoms with Crippen molar-refractivity contribution in [2.75, 3.05) is 54.1 Å². The second-order valence-electron chi connectivity index (χ2n) is 16.8. The Morgan fingerprint density at radius 3 is 1.45 bits per heavy atom. The number of unbranched alkanes of at least 4 members (excludes halogenated alkanes) is 19. The van der Waals surface area contributed by atoms with Gasteiger partial charge in [0.25, 0.3) is 7.82 Å². The zero-order valence-corrected chi connectivity index (χ0v) is 39.1. The molecule has 0 aliphatic rings. The van der Waals surface area contributed by atoms with E-state index in [1.54, 1.807) is 0 Å². The van der Waals surface area contributed by atoms with Crippen molar-refractivity contribution in [3.8, 4) is 0 Å². The predicted molar refractivity (Wildman–Crippen MR) is 245 cm³/mol.